The van der Waals surface area contributed by atoms with Gasteiger partial charge in [0.25, 0.3) is 0 Å². The molecule has 1 aliphatic heterocycles. The number of aliphatic hydroxyl groups excluding tert-OH is 1. The summed E-state index contributed by atoms with van der Waals surface area (Å²) in [6.07, 6.45) is 3.88. The van der Waals surface area contributed by atoms with Crippen molar-refractivity contribution in [2.45, 2.75) is 25.1 Å². The third-order valence-corrected chi connectivity index (χ3v) is 3.41. The molecular formula is C11H16N6O2. The topological polar surface area (TPSA) is 102 Å². The predicted octanol–water partition coefficient (Wildman–Crippen LogP) is -0.595. The molecule has 8 nitrogen and oxygen atoms in total. The number of nitrogen functional groups attached to an aromatic ring is 1. The van der Waals surface area contributed by atoms with E-state index in [2.05, 4.69) is 15.0 Å². The van der Waals surface area contributed by atoms with Crippen molar-refractivity contribution in [3.63, 3.8) is 0 Å². The Morgan fingerprint density at radius 3 is 3.05 bits per heavy atom. The van der Waals surface area contributed by atoms with Crippen LogP contribution < -0.4 is 5.73 Å². The average molecular weight is 264 g/mol. The molecule has 1 fully saturated rings. The molecule has 0 aromatic carbocycles. The molecule has 0 bridgehead atoms. The molecule has 3 heterocycles. The van der Waals surface area contributed by atoms with Gasteiger partial charge < -0.3 is 15.4 Å². The SMILES string of the molecule is CN1O[C@@H](Cn2cnc3c(N)ncnc32)C[C@@H]1CO. The minimum atomic E-state index is -0.00394. The van der Waals surface area contributed by atoms with Gasteiger partial charge in [0.2, 0.25) is 0 Å². The number of rotatable bonds is 3. The molecule has 0 unspecified atom stereocenters. The van der Waals surface area contributed by atoms with Crippen molar-refractivity contribution < 1.29 is 9.94 Å². The van der Waals surface area contributed by atoms with Crippen LogP contribution in [0.2, 0.25) is 0 Å². The molecule has 1 saturated heterocycles. The molecule has 2 atom stereocenters. The zero-order valence-corrected chi connectivity index (χ0v) is 10.6. The van der Waals surface area contributed by atoms with E-state index in [-0.39, 0.29) is 18.8 Å². The fraction of sp³-hybridized carbons (Fsp3) is 0.545. The molecule has 102 valence electrons. The molecule has 2 aromatic rings. The van der Waals surface area contributed by atoms with Crippen LogP contribution in [0.5, 0.6) is 0 Å². The largest absolute Gasteiger partial charge is 0.395 e. The van der Waals surface area contributed by atoms with Gasteiger partial charge in [-0.05, 0) is 6.42 Å². The highest BCUT2D eigenvalue weighted by atomic mass is 16.7. The number of anilines is 1. The monoisotopic (exact) mass is 264 g/mol. The normalized spacial score (nSPS) is 24.3. The maximum absolute atomic E-state index is 9.21. The molecule has 2 aromatic heterocycles. The molecule has 1 aliphatic rings. The van der Waals surface area contributed by atoms with Crippen LogP contribution in [0.25, 0.3) is 11.2 Å². The summed E-state index contributed by atoms with van der Waals surface area (Å²) in [5.41, 5.74) is 7.05. The number of nitrogens with two attached hydrogens (primary N) is 1. The van der Waals surface area contributed by atoms with Gasteiger partial charge in [0.15, 0.2) is 11.5 Å². The fourth-order valence-corrected chi connectivity index (χ4v) is 2.37. The summed E-state index contributed by atoms with van der Waals surface area (Å²) in [4.78, 5) is 18.0. The molecule has 0 amide bonds. The quantitative estimate of drug-likeness (QED) is 0.763. The van der Waals surface area contributed by atoms with Crippen molar-refractivity contribution in [1.82, 2.24) is 24.6 Å². The van der Waals surface area contributed by atoms with Crippen LogP contribution in [0.15, 0.2) is 12.7 Å². The first-order chi connectivity index (χ1) is 9.19. The fourth-order valence-electron chi connectivity index (χ4n) is 2.37. The Kier molecular flexibility index (Phi) is 3.05. The van der Waals surface area contributed by atoms with Crippen molar-refractivity contribution >= 4 is 17.0 Å². The van der Waals surface area contributed by atoms with Crippen LogP contribution in [-0.4, -0.2) is 55.5 Å². The molecule has 0 radical (unpaired) electrons. The third kappa shape index (κ3) is 2.14. The van der Waals surface area contributed by atoms with E-state index in [9.17, 15) is 5.11 Å². The molecule has 3 rings (SSSR count). The van der Waals surface area contributed by atoms with Gasteiger partial charge >= 0.3 is 0 Å². The van der Waals surface area contributed by atoms with E-state index in [0.29, 0.717) is 23.5 Å². The van der Waals surface area contributed by atoms with E-state index < -0.39 is 0 Å². The summed E-state index contributed by atoms with van der Waals surface area (Å²) in [6.45, 7) is 0.709. The Morgan fingerprint density at radius 1 is 1.47 bits per heavy atom. The highest BCUT2D eigenvalue weighted by molar-refractivity contribution is 5.81. The van der Waals surface area contributed by atoms with Crippen LogP contribution >= 0.6 is 0 Å². The lowest BCUT2D eigenvalue weighted by Crippen LogP contribution is -2.26. The number of imidazole rings is 1. The first-order valence-corrected chi connectivity index (χ1v) is 6.11. The number of hydrogen-bond donors (Lipinski definition) is 2. The van der Waals surface area contributed by atoms with Gasteiger partial charge in [0.05, 0.1) is 31.6 Å². The molecule has 19 heavy (non-hydrogen) atoms. The Bertz CT molecular complexity index is 586. The van der Waals surface area contributed by atoms with Gasteiger partial charge in [-0.2, -0.15) is 5.06 Å². The van der Waals surface area contributed by atoms with E-state index in [0.717, 1.165) is 6.42 Å². The second kappa shape index (κ2) is 4.72. The summed E-state index contributed by atoms with van der Waals surface area (Å²) < 4.78 is 1.89. The Hall–Kier alpha value is -1.77. The van der Waals surface area contributed by atoms with Gasteiger partial charge in [-0.25, -0.2) is 15.0 Å². The van der Waals surface area contributed by atoms with Gasteiger partial charge in [0.1, 0.15) is 11.8 Å². The minimum absolute atomic E-state index is 0.00394. The van der Waals surface area contributed by atoms with Crippen molar-refractivity contribution in [2.24, 2.45) is 0 Å². The Balaban J connectivity index is 1.81. The Labute approximate surface area is 109 Å². The molecular weight excluding hydrogens is 248 g/mol. The summed E-state index contributed by atoms with van der Waals surface area (Å²) >= 11 is 0. The van der Waals surface area contributed by atoms with Crippen LogP contribution in [0.1, 0.15) is 6.42 Å². The number of aliphatic hydroxyl groups is 1. The summed E-state index contributed by atoms with van der Waals surface area (Å²) in [5.74, 6) is 0.376. The lowest BCUT2D eigenvalue weighted by Gasteiger charge is -2.14. The number of aromatic nitrogens is 4. The first-order valence-electron chi connectivity index (χ1n) is 6.11. The maximum atomic E-state index is 9.21. The smallest absolute Gasteiger partial charge is 0.165 e. The molecule has 0 saturated carbocycles. The molecule has 8 heteroatoms. The van der Waals surface area contributed by atoms with Crippen molar-refractivity contribution in [3.8, 4) is 0 Å². The summed E-state index contributed by atoms with van der Waals surface area (Å²) in [6, 6.07) is 0.0412. The van der Waals surface area contributed by atoms with E-state index in [1.807, 2.05) is 11.6 Å². The van der Waals surface area contributed by atoms with Crippen molar-refractivity contribution in [1.29, 1.82) is 0 Å². The number of fused-ring (bicyclic) bond motifs is 1. The zero-order valence-electron chi connectivity index (χ0n) is 10.6. The van der Waals surface area contributed by atoms with Crippen LogP contribution in [0.4, 0.5) is 5.82 Å². The predicted molar refractivity (Wildman–Crippen MR) is 67.9 cm³/mol. The van der Waals surface area contributed by atoms with Crippen LogP contribution in [-0.2, 0) is 11.4 Å². The van der Waals surface area contributed by atoms with Crippen molar-refractivity contribution in [3.05, 3.63) is 12.7 Å². The van der Waals surface area contributed by atoms with Crippen LogP contribution in [0, 0.1) is 0 Å². The number of hydrogen-bond acceptors (Lipinski definition) is 7. The van der Waals surface area contributed by atoms with Crippen molar-refractivity contribution in [2.75, 3.05) is 19.4 Å². The van der Waals surface area contributed by atoms with E-state index in [1.54, 1.807) is 11.4 Å². The number of likely N-dealkylation sites (N-methyl/N-ethyl adjacent to an activating group) is 1. The minimum Gasteiger partial charge on any atom is -0.395 e. The van der Waals surface area contributed by atoms with E-state index in [4.69, 9.17) is 10.6 Å². The second-order valence-corrected chi connectivity index (χ2v) is 4.67. The molecule has 0 aliphatic carbocycles. The lowest BCUT2D eigenvalue weighted by atomic mass is 10.1. The molecule has 0 spiro atoms. The zero-order chi connectivity index (χ0) is 13.4. The summed E-state index contributed by atoms with van der Waals surface area (Å²) in [7, 11) is 1.83. The Morgan fingerprint density at radius 2 is 2.32 bits per heavy atom. The van der Waals surface area contributed by atoms with Gasteiger partial charge in [-0.15, -0.1) is 0 Å². The number of hydroxylamine groups is 2. The van der Waals surface area contributed by atoms with Gasteiger partial charge in [-0.3, -0.25) is 4.84 Å². The third-order valence-electron chi connectivity index (χ3n) is 3.41. The van der Waals surface area contributed by atoms with Gasteiger partial charge in [0, 0.05) is 7.05 Å². The second-order valence-electron chi connectivity index (χ2n) is 4.67. The van der Waals surface area contributed by atoms with E-state index >= 15 is 0 Å². The van der Waals surface area contributed by atoms with E-state index in [1.165, 1.54) is 6.33 Å². The first kappa shape index (κ1) is 12.3. The summed E-state index contributed by atoms with van der Waals surface area (Å²) in [5, 5.41) is 10.9. The number of nitrogens with zero attached hydrogens (tertiary/aromatic N) is 5. The average Bonchev–Trinajstić information content (AvgIpc) is 2.95. The standard InChI is InChI=1S/C11H16N6O2/c1-16-7(4-18)2-8(19-16)3-17-6-15-9-10(12)13-5-14-11(9)17/h5-8,18H,2-4H2,1H3,(H2,12,13,14)/t7-,8-/m1/s1. The van der Waals surface area contributed by atoms with Gasteiger partial charge in [-0.1, -0.05) is 0 Å². The highest BCUT2D eigenvalue weighted by Gasteiger charge is 2.30. The molecule has 3 N–H and O–H groups in total. The maximum Gasteiger partial charge on any atom is 0.165 e. The highest BCUT2D eigenvalue weighted by Crippen LogP contribution is 2.22. The lowest BCUT2D eigenvalue weighted by molar-refractivity contribution is -0.150. The van der Waals surface area contributed by atoms with Crippen LogP contribution in [0.3, 0.4) is 0 Å².